The Morgan fingerprint density at radius 1 is 0.269 bits per heavy atom. The van der Waals surface area contributed by atoms with Crippen LogP contribution in [0.3, 0.4) is 0 Å². The van der Waals surface area contributed by atoms with Gasteiger partial charge in [-0.3, -0.25) is 0 Å². The molecule has 0 saturated heterocycles. The maximum atomic E-state index is 8.60. The molecule has 0 aromatic rings. The Bertz CT molecular complexity index is 171. The third-order valence-corrected chi connectivity index (χ3v) is 0. The first kappa shape index (κ1) is 41.7. The first-order valence-corrected chi connectivity index (χ1v) is 9.48. The molecule has 165 valence electrons. The Morgan fingerprint density at radius 3 is 0.269 bits per heavy atom. The summed E-state index contributed by atoms with van der Waals surface area (Å²) in [4.78, 5) is 0. The van der Waals surface area contributed by atoms with Crippen LogP contribution in [-0.4, -0.2) is 23.3 Å². The van der Waals surface area contributed by atoms with Crippen molar-refractivity contribution in [3.63, 3.8) is 0 Å². The second-order valence-corrected chi connectivity index (χ2v) is 5.94. The van der Waals surface area contributed by atoms with Crippen LogP contribution in [0, 0.1) is 51.2 Å². The molecule has 1 radical (unpaired) electrons. The van der Waals surface area contributed by atoms with Gasteiger partial charge in [-0.05, 0) is 0 Å². The molecule has 0 saturated carbocycles. The molecule has 0 aromatic heterocycles. The summed E-state index contributed by atoms with van der Waals surface area (Å²) < 4.78 is 164. The van der Waals surface area contributed by atoms with Gasteiger partial charge in [0.15, 0.2) is 0 Å². The Kier molecular flexibility index (Phi) is 27.7. The second-order valence-electron chi connectivity index (χ2n) is 1.98. The van der Waals surface area contributed by atoms with Gasteiger partial charge in [0.05, 0.1) is 74.5 Å². The number of hydrogen-bond donors (Lipinski definition) is 5. The number of hydrogen-bond acceptors (Lipinski definition) is 20. The Balaban J connectivity index is -0.0000000476. The molecule has 20 nitrogen and oxygen atoms in total. The molecule has 26 heavy (non-hydrogen) atoms. The van der Waals surface area contributed by atoms with Crippen LogP contribution < -0.4 is 69.9 Å². The summed E-state index contributed by atoms with van der Waals surface area (Å²) in [6.07, 6.45) is 0. The van der Waals surface area contributed by atoms with Crippen molar-refractivity contribution in [3.8, 4) is 0 Å². The van der Waals surface area contributed by atoms with Crippen molar-refractivity contribution >= 4 is 0 Å². The molecular weight excluding hydrogens is 590 g/mol. The van der Waals surface area contributed by atoms with E-state index < -0.39 is 51.2 Å². The molecule has 0 aromatic carbocycles. The summed E-state index contributed by atoms with van der Waals surface area (Å²) in [5.41, 5.74) is 0. The molecule has 0 rings (SSSR count). The molecule has 0 amide bonds. The zero-order valence-corrected chi connectivity index (χ0v) is 16.7. The van der Waals surface area contributed by atoms with E-state index in [4.69, 9.17) is 93.2 Å². The molecule has 5 N–H and O–H groups in total. The van der Waals surface area contributed by atoms with Gasteiger partial charge in [0.1, 0.15) is 0 Å². The summed E-state index contributed by atoms with van der Waals surface area (Å²) in [6, 6.07) is 0. The smallest absolute Gasteiger partial charge is 0.0777 e. The third-order valence-electron chi connectivity index (χ3n) is 0. The monoisotopic (exact) mass is 593 g/mol. The van der Waals surface area contributed by atoms with Gasteiger partial charge in [-0.15, -0.1) is 0 Å². The molecule has 0 aliphatic carbocycles. The zero-order valence-electron chi connectivity index (χ0n) is 10.7. The number of rotatable bonds is 0. The SMILES string of the molecule is [Nb].[O-][Cl+3]([O-])([O-])O.[O-][Cl+3]([O-])([O-])O.[O-][Cl+3]([O-])([O-])O.[O-][Cl+3]([O-])([O-])O.[O-][Cl+3]([O-])([O-])O. The van der Waals surface area contributed by atoms with Crippen molar-refractivity contribution in [2.24, 2.45) is 0 Å². The van der Waals surface area contributed by atoms with E-state index in [1.807, 2.05) is 0 Å². The van der Waals surface area contributed by atoms with Crippen molar-refractivity contribution in [1.29, 1.82) is 0 Å². The molecular formula is H5Cl5NbO20. The van der Waals surface area contributed by atoms with Gasteiger partial charge in [0, 0.05) is 22.4 Å². The van der Waals surface area contributed by atoms with Crippen LogP contribution in [0.15, 0.2) is 0 Å². The molecule has 0 bridgehead atoms. The summed E-state index contributed by atoms with van der Waals surface area (Å²) in [6.45, 7) is 0. The van der Waals surface area contributed by atoms with Crippen molar-refractivity contribution in [1.82, 2.24) is 0 Å². The Morgan fingerprint density at radius 2 is 0.269 bits per heavy atom. The maximum absolute atomic E-state index is 8.60. The summed E-state index contributed by atoms with van der Waals surface area (Å²) in [5.74, 6) is 0. The van der Waals surface area contributed by atoms with Crippen LogP contribution >= 0.6 is 0 Å². The van der Waals surface area contributed by atoms with E-state index in [1.165, 1.54) is 0 Å². The third kappa shape index (κ3) is 7810. The van der Waals surface area contributed by atoms with Crippen LogP contribution in [0.1, 0.15) is 0 Å². The van der Waals surface area contributed by atoms with E-state index in [0.717, 1.165) is 0 Å². The Labute approximate surface area is 166 Å². The second kappa shape index (κ2) is 17.3. The van der Waals surface area contributed by atoms with Crippen molar-refractivity contribution in [3.05, 3.63) is 0 Å². The van der Waals surface area contributed by atoms with Crippen molar-refractivity contribution in [2.75, 3.05) is 0 Å². The van der Waals surface area contributed by atoms with Crippen LogP contribution in [0.2, 0.25) is 0 Å². The molecule has 0 spiro atoms. The summed E-state index contributed by atoms with van der Waals surface area (Å²) in [7, 11) is -23.5. The molecule has 26 heteroatoms. The Hall–Kier alpha value is 1.39. The quantitative estimate of drug-likeness (QED) is 0.162. The summed E-state index contributed by atoms with van der Waals surface area (Å²) in [5, 5.41) is 0. The first-order valence-electron chi connectivity index (χ1n) is 3.16. The average molecular weight is 595 g/mol. The van der Waals surface area contributed by atoms with Crippen LogP contribution in [0.25, 0.3) is 0 Å². The van der Waals surface area contributed by atoms with Gasteiger partial charge < -0.3 is 0 Å². The van der Waals surface area contributed by atoms with Crippen molar-refractivity contribution < 1.29 is 167 Å². The van der Waals surface area contributed by atoms with E-state index in [0.29, 0.717) is 0 Å². The first-order chi connectivity index (χ1) is 10.0. The molecule has 0 aliphatic heterocycles. The van der Waals surface area contributed by atoms with Crippen LogP contribution in [0.4, 0.5) is 0 Å². The predicted octanol–water partition coefficient (Wildman–Crippen LogP) is -20.6. The van der Waals surface area contributed by atoms with Gasteiger partial charge in [0.25, 0.3) is 0 Å². The predicted molar refractivity (Wildman–Crippen MR) is 11.1 cm³/mol. The maximum Gasteiger partial charge on any atom is 0.0777 e. The minimum absolute atomic E-state index is 0. The zero-order chi connectivity index (χ0) is 22.5. The largest absolute Gasteiger partial charge is 0.183 e. The van der Waals surface area contributed by atoms with Gasteiger partial charge in [-0.25, -0.2) is 0 Å². The van der Waals surface area contributed by atoms with E-state index in [-0.39, 0.29) is 22.4 Å². The minimum atomic E-state index is -4.69. The normalized spacial score (nSPS) is 11.5. The fourth-order valence-corrected chi connectivity index (χ4v) is 0. The molecule has 0 heterocycles. The molecule has 0 fully saturated rings. The van der Waals surface area contributed by atoms with Crippen LogP contribution in [-0.2, 0) is 22.4 Å². The minimum Gasteiger partial charge on any atom is -0.183 e. The van der Waals surface area contributed by atoms with E-state index >= 15 is 0 Å². The topological polar surface area (TPSA) is 447 Å². The van der Waals surface area contributed by atoms with Crippen LogP contribution in [0.5, 0.6) is 0 Å². The molecule has 0 atom stereocenters. The van der Waals surface area contributed by atoms with E-state index in [2.05, 4.69) is 0 Å². The van der Waals surface area contributed by atoms with Gasteiger partial charge in [0.2, 0.25) is 0 Å². The van der Waals surface area contributed by atoms with Gasteiger partial charge >= 0.3 is 0 Å². The molecule has 0 unspecified atom stereocenters. The fraction of sp³-hybridized carbons (Fsp3) is 0. The average Bonchev–Trinajstić information content (AvgIpc) is 1.79. The summed E-state index contributed by atoms with van der Waals surface area (Å²) >= 11 is 0. The fourth-order valence-electron chi connectivity index (χ4n) is 0. The van der Waals surface area contributed by atoms with Crippen molar-refractivity contribution in [2.45, 2.75) is 0 Å². The van der Waals surface area contributed by atoms with Gasteiger partial charge in [-0.2, -0.15) is 69.9 Å². The van der Waals surface area contributed by atoms with Gasteiger partial charge in [-0.1, -0.05) is 0 Å². The van der Waals surface area contributed by atoms with E-state index in [9.17, 15) is 0 Å². The van der Waals surface area contributed by atoms with E-state index in [1.54, 1.807) is 0 Å². The molecule has 0 aliphatic rings. The number of halogens is 5. The standard InChI is InChI=1S/5ClHO4.Nb/c5*2-1(3,4)5;/h5*(H,2,3,4,5);.